The summed E-state index contributed by atoms with van der Waals surface area (Å²) in [6.45, 7) is 2.29. The van der Waals surface area contributed by atoms with Crippen LogP contribution in [0.2, 0.25) is 0 Å². The Morgan fingerprint density at radius 2 is 1.88 bits per heavy atom. The molecule has 1 heterocycles. The molecule has 1 saturated heterocycles. The number of ether oxygens (including phenoxy) is 1. The minimum Gasteiger partial charge on any atom is -0.378 e. The molecule has 2 nitrogen and oxygen atoms in total. The standard InChI is InChI=1S/C15H27NO/c1-2-9-15(8-1,12-16-13-5-6-13)10-7-14-4-3-11-17-14/h13-14,16H,1-12H2. The number of hydrogen-bond donors (Lipinski definition) is 1. The van der Waals surface area contributed by atoms with E-state index in [0.29, 0.717) is 11.5 Å². The molecule has 1 N–H and O–H groups in total. The zero-order valence-corrected chi connectivity index (χ0v) is 11.0. The fourth-order valence-corrected chi connectivity index (χ4v) is 3.63. The van der Waals surface area contributed by atoms with E-state index in [1.807, 2.05) is 0 Å². The van der Waals surface area contributed by atoms with Crippen LogP contribution in [0.3, 0.4) is 0 Å². The molecule has 1 unspecified atom stereocenters. The second-order valence-corrected chi connectivity index (χ2v) is 6.54. The number of hydrogen-bond acceptors (Lipinski definition) is 2. The smallest absolute Gasteiger partial charge is 0.0576 e. The van der Waals surface area contributed by atoms with E-state index in [1.165, 1.54) is 70.8 Å². The van der Waals surface area contributed by atoms with Gasteiger partial charge >= 0.3 is 0 Å². The second kappa shape index (κ2) is 5.27. The van der Waals surface area contributed by atoms with Crippen LogP contribution >= 0.6 is 0 Å². The number of rotatable bonds is 6. The lowest BCUT2D eigenvalue weighted by molar-refractivity contribution is 0.0873. The molecular formula is C15H27NO. The first-order valence-electron chi connectivity index (χ1n) is 7.71. The van der Waals surface area contributed by atoms with Crippen molar-refractivity contribution in [2.75, 3.05) is 13.2 Å². The molecule has 3 rings (SSSR count). The molecule has 2 aliphatic carbocycles. The Balaban J connectivity index is 1.47. The van der Waals surface area contributed by atoms with Gasteiger partial charge in [0.15, 0.2) is 0 Å². The van der Waals surface area contributed by atoms with Crippen molar-refractivity contribution in [3.8, 4) is 0 Å². The maximum Gasteiger partial charge on any atom is 0.0576 e. The molecule has 3 aliphatic rings. The van der Waals surface area contributed by atoms with Gasteiger partial charge in [-0.1, -0.05) is 12.8 Å². The summed E-state index contributed by atoms with van der Waals surface area (Å²) in [5.41, 5.74) is 0.633. The predicted octanol–water partition coefficient (Wildman–Crippen LogP) is 3.26. The Kier molecular flexibility index (Phi) is 3.72. The van der Waals surface area contributed by atoms with Gasteiger partial charge in [0.05, 0.1) is 6.10 Å². The minimum absolute atomic E-state index is 0.591. The van der Waals surface area contributed by atoms with E-state index in [-0.39, 0.29) is 0 Å². The zero-order chi connectivity index (χ0) is 11.6. The molecule has 0 spiro atoms. The van der Waals surface area contributed by atoms with Crippen LogP contribution in [0.15, 0.2) is 0 Å². The van der Waals surface area contributed by atoms with Gasteiger partial charge in [-0.2, -0.15) is 0 Å². The van der Waals surface area contributed by atoms with Crippen molar-refractivity contribution < 1.29 is 4.74 Å². The van der Waals surface area contributed by atoms with E-state index in [2.05, 4.69) is 5.32 Å². The third kappa shape index (κ3) is 3.23. The predicted molar refractivity (Wildman–Crippen MR) is 70.1 cm³/mol. The quantitative estimate of drug-likeness (QED) is 0.765. The van der Waals surface area contributed by atoms with E-state index in [4.69, 9.17) is 4.74 Å². The van der Waals surface area contributed by atoms with Crippen LogP contribution in [0.25, 0.3) is 0 Å². The van der Waals surface area contributed by atoms with Crippen LogP contribution in [0.1, 0.15) is 64.2 Å². The molecule has 0 radical (unpaired) electrons. The van der Waals surface area contributed by atoms with E-state index in [0.717, 1.165) is 12.6 Å². The van der Waals surface area contributed by atoms with Gasteiger partial charge in [0.1, 0.15) is 0 Å². The van der Waals surface area contributed by atoms with Gasteiger partial charge in [-0.3, -0.25) is 0 Å². The van der Waals surface area contributed by atoms with Gasteiger partial charge in [0, 0.05) is 19.2 Å². The average molecular weight is 237 g/mol. The van der Waals surface area contributed by atoms with Gasteiger partial charge in [0.25, 0.3) is 0 Å². The molecule has 0 bridgehead atoms. The molecule has 0 aromatic carbocycles. The monoisotopic (exact) mass is 237 g/mol. The average Bonchev–Trinajstić information content (AvgIpc) is 2.86. The number of nitrogens with one attached hydrogen (secondary N) is 1. The second-order valence-electron chi connectivity index (χ2n) is 6.54. The Morgan fingerprint density at radius 3 is 2.53 bits per heavy atom. The van der Waals surface area contributed by atoms with Crippen LogP contribution < -0.4 is 5.32 Å². The molecular weight excluding hydrogens is 210 g/mol. The maximum atomic E-state index is 5.78. The van der Waals surface area contributed by atoms with Crippen LogP contribution in [0.4, 0.5) is 0 Å². The molecule has 1 atom stereocenters. The molecule has 17 heavy (non-hydrogen) atoms. The van der Waals surface area contributed by atoms with Crippen LogP contribution in [0, 0.1) is 5.41 Å². The van der Waals surface area contributed by atoms with E-state index in [9.17, 15) is 0 Å². The maximum absolute atomic E-state index is 5.78. The van der Waals surface area contributed by atoms with Gasteiger partial charge in [0.2, 0.25) is 0 Å². The molecule has 0 amide bonds. The summed E-state index contributed by atoms with van der Waals surface area (Å²) in [4.78, 5) is 0. The van der Waals surface area contributed by atoms with Gasteiger partial charge in [-0.15, -0.1) is 0 Å². The lowest BCUT2D eigenvalue weighted by Crippen LogP contribution is -2.34. The largest absolute Gasteiger partial charge is 0.378 e. The van der Waals surface area contributed by atoms with Gasteiger partial charge in [-0.25, -0.2) is 0 Å². The lowest BCUT2D eigenvalue weighted by atomic mass is 9.80. The van der Waals surface area contributed by atoms with E-state index >= 15 is 0 Å². The molecule has 1 aliphatic heterocycles. The van der Waals surface area contributed by atoms with Crippen molar-refractivity contribution in [1.29, 1.82) is 0 Å². The summed E-state index contributed by atoms with van der Waals surface area (Å²) in [7, 11) is 0. The summed E-state index contributed by atoms with van der Waals surface area (Å²) < 4.78 is 5.78. The Hall–Kier alpha value is -0.0800. The van der Waals surface area contributed by atoms with E-state index < -0.39 is 0 Å². The normalized spacial score (nSPS) is 32.1. The molecule has 2 saturated carbocycles. The Bertz CT molecular complexity index is 237. The van der Waals surface area contributed by atoms with Crippen molar-refractivity contribution in [3.63, 3.8) is 0 Å². The van der Waals surface area contributed by atoms with Crippen molar-refractivity contribution >= 4 is 0 Å². The van der Waals surface area contributed by atoms with Crippen LogP contribution in [-0.2, 0) is 4.74 Å². The first kappa shape index (κ1) is 12.0. The molecule has 0 aromatic rings. The molecule has 2 heteroatoms. The topological polar surface area (TPSA) is 21.3 Å². The molecule has 98 valence electrons. The van der Waals surface area contributed by atoms with Crippen LogP contribution in [0.5, 0.6) is 0 Å². The van der Waals surface area contributed by atoms with Crippen molar-refractivity contribution in [2.24, 2.45) is 5.41 Å². The SMILES string of the molecule is C1COC(CCC2(CNC3CC3)CCCC2)C1. The summed E-state index contributed by atoms with van der Waals surface area (Å²) in [5.74, 6) is 0. The summed E-state index contributed by atoms with van der Waals surface area (Å²) in [6, 6.07) is 0.871. The van der Waals surface area contributed by atoms with Crippen LogP contribution in [-0.4, -0.2) is 25.3 Å². The fourth-order valence-electron chi connectivity index (χ4n) is 3.63. The van der Waals surface area contributed by atoms with Crippen molar-refractivity contribution in [3.05, 3.63) is 0 Å². The van der Waals surface area contributed by atoms with E-state index in [1.54, 1.807) is 0 Å². The first-order chi connectivity index (χ1) is 8.36. The zero-order valence-electron chi connectivity index (χ0n) is 11.0. The Morgan fingerprint density at radius 1 is 1.06 bits per heavy atom. The first-order valence-corrected chi connectivity index (χ1v) is 7.71. The third-order valence-corrected chi connectivity index (χ3v) is 5.03. The molecule has 3 fully saturated rings. The summed E-state index contributed by atoms with van der Waals surface area (Å²) >= 11 is 0. The summed E-state index contributed by atoms with van der Waals surface area (Å²) in [5, 5.41) is 3.77. The van der Waals surface area contributed by atoms with Crippen molar-refractivity contribution in [2.45, 2.75) is 76.4 Å². The van der Waals surface area contributed by atoms with Gasteiger partial charge in [-0.05, 0) is 56.8 Å². The Labute approximate surface area is 105 Å². The highest BCUT2D eigenvalue weighted by Crippen LogP contribution is 2.43. The highest BCUT2D eigenvalue weighted by Gasteiger charge is 2.36. The summed E-state index contributed by atoms with van der Waals surface area (Å²) in [6.07, 6.45) is 14.6. The minimum atomic E-state index is 0.591. The van der Waals surface area contributed by atoms with Crippen molar-refractivity contribution in [1.82, 2.24) is 5.32 Å². The third-order valence-electron chi connectivity index (χ3n) is 5.03. The highest BCUT2D eigenvalue weighted by molar-refractivity contribution is 4.91. The molecule has 0 aromatic heterocycles. The fraction of sp³-hybridized carbons (Fsp3) is 1.00. The lowest BCUT2D eigenvalue weighted by Gasteiger charge is -2.30. The van der Waals surface area contributed by atoms with Gasteiger partial charge < -0.3 is 10.1 Å². The highest BCUT2D eigenvalue weighted by atomic mass is 16.5.